The van der Waals surface area contributed by atoms with Crippen molar-refractivity contribution in [1.29, 1.82) is 0 Å². The zero-order valence-corrected chi connectivity index (χ0v) is 21.2. The van der Waals surface area contributed by atoms with Crippen LogP contribution in [0, 0.1) is 0 Å². The summed E-state index contributed by atoms with van der Waals surface area (Å²) in [5.74, 6) is 0. The van der Waals surface area contributed by atoms with E-state index in [9.17, 15) is 0 Å². The van der Waals surface area contributed by atoms with Gasteiger partial charge in [0.05, 0.1) is 0 Å². The van der Waals surface area contributed by atoms with E-state index in [0.29, 0.717) is 10.1 Å². The van der Waals surface area contributed by atoms with Crippen molar-refractivity contribution < 1.29 is 0 Å². The molecule has 0 radical (unpaired) electrons. The van der Waals surface area contributed by atoms with Crippen LogP contribution in [0.3, 0.4) is 0 Å². The lowest BCUT2D eigenvalue weighted by Gasteiger charge is -2.45. The van der Waals surface area contributed by atoms with E-state index in [-0.39, 0.29) is 0 Å². The predicted molar refractivity (Wildman–Crippen MR) is 116 cm³/mol. The van der Waals surface area contributed by atoms with Crippen LogP contribution in [0.2, 0.25) is 36.3 Å². The normalized spacial score (nSPS) is 15.4. The van der Waals surface area contributed by atoms with E-state index in [1.165, 1.54) is 6.42 Å². The van der Waals surface area contributed by atoms with Gasteiger partial charge < -0.3 is 9.30 Å². The summed E-state index contributed by atoms with van der Waals surface area (Å²) in [6.45, 7) is 29.0. The highest BCUT2D eigenvalue weighted by molar-refractivity contribution is 6.93. The standard InChI is InChI=1S/C18H44N2Si3/c1-13-15-16(14-2)21(19-22(9,10)17(3,4)5)20-23(11,12)18(6,7)8/h15,19-21H,13-14H2,1-12H3/b16-15+. The second-order valence-electron chi connectivity index (χ2n) is 10.0. The van der Waals surface area contributed by atoms with Crippen molar-refractivity contribution in [3.8, 4) is 0 Å². The highest BCUT2D eigenvalue weighted by Crippen LogP contribution is 2.36. The smallest absolute Gasteiger partial charge is 0.199 e. The lowest BCUT2D eigenvalue weighted by Crippen LogP contribution is -2.70. The van der Waals surface area contributed by atoms with Gasteiger partial charge in [-0.1, -0.05) is 92.9 Å². The summed E-state index contributed by atoms with van der Waals surface area (Å²) in [5, 5.41) is 2.42. The summed E-state index contributed by atoms with van der Waals surface area (Å²) in [4.78, 5) is 0. The van der Waals surface area contributed by atoms with Gasteiger partial charge in [0, 0.05) is 0 Å². The third-order valence-corrected chi connectivity index (χ3v) is 23.0. The van der Waals surface area contributed by atoms with Gasteiger partial charge in [0.1, 0.15) is 16.5 Å². The molecule has 23 heavy (non-hydrogen) atoms. The van der Waals surface area contributed by atoms with Crippen molar-refractivity contribution in [2.45, 2.75) is 104 Å². The fraction of sp³-hybridized carbons (Fsp3) is 0.889. The first-order valence-corrected chi connectivity index (χ1v) is 17.1. The van der Waals surface area contributed by atoms with E-state index in [4.69, 9.17) is 0 Å². The molecule has 0 aliphatic rings. The second kappa shape index (κ2) is 8.13. The van der Waals surface area contributed by atoms with E-state index >= 15 is 0 Å². The molecule has 0 rings (SSSR count). The summed E-state index contributed by atoms with van der Waals surface area (Å²) < 4.78 is 8.46. The SMILES string of the molecule is CC/C=C(\CC)[SiH](N[Si](C)(C)C(C)(C)C)N[Si](C)(C)C(C)(C)C. The summed E-state index contributed by atoms with van der Waals surface area (Å²) in [6.07, 6.45) is 4.80. The van der Waals surface area contributed by atoms with E-state index in [2.05, 4.69) is 96.9 Å². The molecule has 0 heterocycles. The Balaban J connectivity index is 5.64. The zero-order valence-electron chi connectivity index (χ0n) is 18.1. The fourth-order valence-electron chi connectivity index (χ4n) is 2.10. The molecule has 0 saturated carbocycles. The molecular formula is C18H44N2Si3. The van der Waals surface area contributed by atoms with E-state index < -0.39 is 25.6 Å². The van der Waals surface area contributed by atoms with Gasteiger partial charge in [0.25, 0.3) is 0 Å². The fourth-order valence-corrected chi connectivity index (χ4v) is 14.6. The summed E-state index contributed by atoms with van der Waals surface area (Å²) >= 11 is 0. The van der Waals surface area contributed by atoms with Crippen molar-refractivity contribution in [2.24, 2.45) is 0 Å². The van der Waals surface area contributed by atoms with Crippen LogP contribution in [-0.2, 0) is 0 Å². The van der Waals surface area contributed by atoms with Crippen molar-refractivity contribution in [3.05, 3.63) is 11.3 Å². The highest BCUT2D eigenvalue weighted by atomic mass is 28.4. The van der Waals surface area contributed by atoms with E-state index in [1.54, 1.807) is 5.20 Å². The van der Waals surface area contributed by atoms with Gasteiger partial charge in [0.2, 0.25) is 0 Å². The number of allylic oxidation sites excluding steroid dienone is 2. The van der Waals surface area contributed by atoms with Crippen LogP contribution in [0.25, 0.3) is 0 Å². The largest absolute Gasteiger partial charge is 0.346 e. The molecule has 2 nitrogen and oxygen atoms in total. The van der Waals surface area contributed by atoms with Gasteiger partial charge in [-0.15, -0.1) is 0 Å². The molecule has 0 aliphatic heterocycles. The van der Waals surface area contributed by atoms with Crippen molar-refractivity contribution >= 4 is 25.6 Å². The quantitative estimate of drug-likeness (QED) is 0.561. The third-order valence-electron chi connectivity index (χ3n) is 6.01. The average Bonchev–Trinajstić information content (AvgIpc) is 2.31. The lowest BCUT2D eigenvalue weighted by molar-refractivity contribution is 0.703. The minimum Gasteiger partial charge on any atom is -0.346 e. The Bertz CT molecular complexity index is 373. The van der Waals surface area contributed by atoms with Crippen LogP contribution in [0.5, 0.6) is 0 Å². The monoisotopic (exact) mass is 372 g/mol. The Morgan fingerprint density at radius 3 is 1.39 bits per heavy atom. The first-order valence-electron chi connectivity index (χ1n) is 9.33. The third kappa shape index (κ3) is 6.61. The van der Waals surface area contributed by atoms with Gasteiger partial charge >= 0.3 is 0 Å². The molecule has 5 heteroatoms. The molecule has 0 aromatic carbocycles. The molecule has 0 saturated heterocycles. The number of nitrogens with one attached hydrogen (secondary N) is 2. The topological polar surface area (TPSA) is 24.1 Å². The van der Waals surface area contributed by atoms with Crippen molar-refractivity contribution in [3.63, 3.8) is 0 Å². The molecule has 0 unspecified atom stereocenters. The van der Waals surface area contributed by atoms with Crippen LogP contribution in [0.4, 0.5) is 0 Å². The van der Waals surface area contributed by atoms with Crippen LogP contribution in [-0.4, -0.2) is 25.6 Å². The summed E-state index contributed by atoms with van der Waals surface area (Å²) in [6, 6.07) is 0. The van der Waals surface area contributed by atoms with Crippen LogP contribution in [0.15, 0.2) is 11.3 Å². The maximum atomic E-state index is 4.23. The maximum Gasteiger partial charge on any atom is 0.199 e. The first kappa shape index (κ1) is 23.3. The van der Waals surface area contributed by atoms with Gasteiger partial charge in [-0.2, -0.15) is 0 Å². The van der Waals surface area contributed by atoms with E-state index in [0.717, 1.165) is 6.42 Å². The van der Waals surface area contributed by atoms with Crippen molar-refractivity contribution in [1.82, 2.24) is 9.30 Å². The van der Waals surface area contributed by atoms with E-state index in [1.807, 2.05) is 0 Å². The molecule has 0 spiro atoms. The average molecular weight is 373 g/mol. The summed E-state index contributed by atoms with van der Waals surface area (Å²) in [5.41, 5.74) is 0. The molecule has 0 aromatic heterocycles. The molecule has 138 valence electrons. The molecule has 0 aromatic rings. The van der Waals surface area contributed by atoms with Gasteiger partial charge in [-0.3, -0.25) is 0 Å². The van der Waals surface area contributed by atoms with Crippen LogP contribution < -0.4 is 9.30 Å². The molecule has 0 bridgehead atoms. The molecular weight excluding hydrogens is 328 g/mol. The van der Waals surface area contributed by atoms with Crippen molar-refractivity contribution in [2.75, 3.05) is 0 Å². The molecule has 0 fully saturated rings. The zero-order chi connectivity index (χ0) is 18.7. The molecule has 0 amide bonds. The van der Waals surface area contributed by atoms with Gasteiger partial charge in [0.15, 0.2) is 9.12 Å². The minimum atomic E-state index is -1.50. The lowest BCUT2D eigenvalue weighted by atomic mass is 10.2. The Hall–Kier alpha value is 0.311. The summed E-state index contributed by atoms with van der Waals surface area (Å²) in [7, 11) is -4.34. The Morgan fingerprint density at radius 2 is 1.17 bits per heavy atom. The maximum absolute atomic E-state index is 4.23. The number of hydrogen-bond donors (Lipinski definition) is 2. The van der Waals surface area contributed by atoms with Crippen LogP contribution >= 0.6 is 0 Å². The second-order valence-corrected chi connectivity index (χ2v) is 23.4. The molecule has 0 atom stereocenters. The molecule has 0 aliphatic carbocycles. The minimum absolute atomic E-state index is 0.373. The number of rotatable bonds is 7. The van der Waals surface area contributed by atoms with Gasteiger partial charge in [-0.05, 0) is 22.9 Å². The Labute approximate surface area is 150 Å². The predicted octanol–water partition coefficient (Wildman–Crippen LogP) is 5.68. The number of hydrogen-bond acceptors (Lipinski definition) is 2. The van der Waals surface area contributed by atoms with Crippen LogP contribution in [0.1, 0.15) is 68.2 Å². The van der Waals surface area contributed by atoms with Gasteiger partial charge in [-0.25, -0.2) is 0 Å². The highest BCUT2D eigenvalue weighted by Gasteiger charge is 2.42. The Kier molecular flexibility index (Phi) is 8.24. The Morgan fingerprint density at radius 1 is 0.826 bits per heavy atom. The molecule has 2 N–H and O–H groups in total. The first-order chi connectivity index (χ1) is 10.1.